The summed E-state index contributed by atoms with van der Waals surface area (Å²) < 4.78 is 1.76. The number of hydrogen-bond acceptors (Lipinski definition) is 2. The van der Waals surface area contributed by atoms with Gasteiger partial charge in [0.15, 0.2) is 0 Å². The van der Waals surface area contributed by atoms with Crippen LogP contribution in [0, 0.1) is 5.92 Å². The van der Waals surface area contributed by atoms with Crippen LogP contribution in [0.4, 0.5) is 5.69 Å². The normalized spacial score (nSPS) is 12.2. The lowest BCUT2D eigenvalue weighted by Crippen LogP contribution is -2.15. The summed E-state index contributed by atoms with van der Waals surface area (Å²) in [4.78, 5) is 12.0. The van der Waals surface area contributed by atoms with Gasteiger partial charge in [0.2, 0.25) is 5.91 Å². The summed E-state index contributed by atoms with van der Waals surface area (Å²) in [5.74, 6) is 0.585. The average Bonchev–Trinajstić information content (AvgIpc) is 2.39. The first-order chi connectivity index (χ1) is 9.08. The molecule has 1 aromatic rings. The first kappa shape index (κ1) is 16.7. The minimum atomic E-state index is 0.0445. The van der Waals surface area contributed by atoms with E-state index >= 15 is 0 Å². The molecule has 0 aliphatic heterocycles. The van der Waals surface area contributed by atoms with Crippen LogP contribution in [0.1, 0.15) is 32.6 Å². The van der Waals surface area contributed by atoms with E-state index in [2.05, 4.69) is 44.1 Å². The Hall–Kier alpha value is -0.390. The standard InChI is InChI=1S/C14H20Br2N2O/c1-2-10(8-9-17)6-7-13(19)18-14-11(15)4-3-5-12(14)16/h3-5,10H,2,6-9,17H2,1H3,(H,18,19). The molecule has 0 aliphatic carbocycles. The number of para-hydroxylation sites is 1. The summed E-state index contributed by atoms with van der Waals surface area (Å²) >= 11 is 6.87. The van der Waals surface area contributed by atoms with Gasteiger partial charge in [-0.2, -0.15) is 0 Å². The van der Waals surface area contributed by atoms with Gasteiger partial charge in [0.1, 0.15) is 0 Å². The third-order valence-electron chi connectivity index (χ3n) is 3.16. The lowest BCUT2D eigenvalue weighted by molar-refractivity contribution is -0.116. The fourth-order valence-electron chi connectivity index (χ4n) is 1.94. The predicted molar refractivity (Wildman–Crippen MR) is 87.2 cm³/mol. The molecule has 0 fully saturated rings. The molecule has 0 radical (unpaired) electrons. The Bertz CT molecular complexity index is 404. The molecular weight excluding hydrogens is 372 g/mol. The minimum absolute atomic E-state index is 0.0445. The first-order valence-electron chi connectivity index (χ1n) is 6.52. The zero-order chi connectivity index (χ0) is 14.3. The van der Waals surface area contributed by atoms with Gasteiger partial charge in [-0.25, -0.2) is 0 Å². The Morgan fingerprint density at radius 1 is 1.32 bits per heavy atom. The Balaban J connectivity index is 2.51. The van der Waals surface area contributed by atoms with Crippen molar-refractivity contribution < 1.29 is 4.79 Å². The van der Waals surface area contributed by atoms with E-state index in [1.807, 2.05) is 18.2 Å². The van der Waals surface area contributed by atoms with Gasteiger partial charge >= 0.3 is 0 Å². The second-order valence-corrected chi connectivity index (χ2v) is 6.24. The molecule has 0 saturated heterocycles. The molecule has 19 heavy (non-hydrogen) atoms. The highest BCUT2D eigenvalue weighted by atomic mass is 79.9. The van der Waals surface area contributed by atoms with E-state index < -0.39 is 0 Å². The van der Waals surface area contributed by atoms with Crippen molar-refractivity contribution in [2.75, 3.05) is 11.9 Å². The molecule has 0 heterocycles. The van der Waals surface area contributed by atoms with E-state index in [0.717, 1.165) is 33.9 Å². The number of carbonyl (C=O) groups excluding carboxylic acids is 1. The van der Waals surface area contributed by atoms with Crippen LogP contribution in [0.3, 0.4) is 0 Å². The van der Waals surface area contributed by atoms with Crippen LogP contribution in [-0.4, -0.2) is 12.5 Å². The summed E-state index contributed by atoms with van der Waals surface area (Å²) in [5.41, 5.74) is 6.35. The van der Waals surface area contributed by atoms with Gasteiger partial charge < -0.3 is 11.1 Å². The highest BCUT2D eigenvalue weighted by molar-refractivity contribution is 9.11. The summed E-state index contributed by atoms with van der Waals surface area (Å²) in [6.07, 6.45) is 3.49. The van der Waals surface area contributed by atoms with Crippen LogP contribution < -0.4 is 11.1 Å². The lowest BCUT2D eigenvalue weighted by Gasteiger charge is -2.14. The monoisotopic (exact) mass is 390 g/mol. The van der Waals surface area contributed by atoms with Crippen LogP contribution in [0.2, 0.25) is 0 Å². The van der Waals surface area contributed by atoms with Crippen molar-refractivity contribution in [3.05, 3.63) is 27.1 Å². The second kappa shape index (κ2) is 8.72. The van der Waals surface area contributed by atoms with Gasteiger partial charge in [-0.3, -0.25) is 4.79 Å². The van der Waals surface area contributed by atoms with Crippen LogP contribution in [-0.2, 0) is 4.79 Å². The fourth-order valence-corrected chi connectivity index (χ4v) is 3.14. The summed E-state index contributed by atoms with van der Waals surface area (Å²) in [7, 11) is 0. The van der Waals surface area contributed by atoms with Crippen molar-refractivity contribution in [3.63, 3.8) is 0 Å². The van der Waals surface area contributed by atoms with Crippen molar-refractivity contribution in [2.45, 2.75) is 32.6 Å². The molecule has 3 nitrogen and oxygen atoms in total. The maximum Gasteiger partial charge on any atom is 0.224 e. The Morgan fingerprint density at radius 3 is 2.47 bits per heavy atom. The van der Waals surface area contributed by atoms with E-state index in [9.17, 15) is 4.79 Å². The fraction of sp³-hybridized carbons (Fsp3) is 0.500. The van der Waals surface area contributed by atoms with Crippen molar-refractivity contribution >= 4 is 43.5 Å². The summed E-state index contributed by atoms with van der Waals surface area (Å²) in [6, 6.07) is 5.73. The number of amides is 1. The molecule has 5 heteroatoms. The van der Waals surface area contributed by atoms with Crippen LogP contribution in [0.5, 0.6) is 0 Å². The van der Waals surface area contributed by atoms with Gasteiger partial charge in [-0.1, -0.05) is 19.4 Å². The molecule has 1 unspecified atom stereocenters. The van der Waals surface area contributed by atoms with E-state index in [1.165, 1.54) is 0 Å². The molecule has 0 saturated carbocycles. The van der Waals surface area contributed by atoms with Crippen molar-refractivity contribution in [1.82, 2.24) is 0 Å². The van der Waals surface area contributed by atoms with Crippen molar-refractivity contribution in [1.29, 1.82) is 0 Å². The zero-order valence-electron chi connectivity index (χ0n) is 11.1. The number of nitrogens with two attached hydrogens (primary N) is 1. The molecule has 0 aliphatic rings. The summed E-state index contributed by atoms with van der Waals surface area (Å²) in [5, 5.41) is 2.94. The van der Waals surface area contributed by atoms with E-state index in [0.29, 0.717) is 18.9 Å². The number of rotatable bonds is 7. The molecular formula is C14H20Br2N2O. The molecule has 0 aromatic heterocycles. The number of anilines is 1. The minimum Gasteiger partial charge on any atom is -0.330 e. The predicted octanol–water partition coefficient (Wildman–Crippen LogP) is 4.31. The number of nitrogens with one attached hydrogen (secondary N) is 1. The van der Waals surface area contributed by atoms with E-state index in [-0.39, 0.29) is 5.91 Å². The molecule has 3 N–H and O–H groups in total. The molecule has 1 atom stereocenters. The quantitative estimate of drug-likeness (QED) is 0.727. The topological polar surface area (TPSA) is 55.1 Å². The van der Waals surface area contributed by atoms with Crippen LogP contribution in [0.15, 0.2) is 27.1 Å². The first-order valence-corrected chi connectivity index (χ1v) is 8.11. The number of hydrogen-bond donors (Lipinski definition) is 2. The van der Waals surface area contributed by atoms with Gasteiger partial charge in [0.25, 0.3) is 0 Å². The third kappa shape index (κ3) is 5.63. The Labute approximate surface area is 131 Å². The van der Waals surface area contributed by atoms with E-state index in [4.69, 9.17) is 5.73 Å². The maximum absolute atomic E-state index is 12.0. The zero-order valence-corrected chi connectivity index (χ0v) is 14.3. The van der Waals surface area contributed by atoms with Gasteiger partial charge in [0, 0.05) is 15.4 Å². The maximum atomic E-state index is 12.0. The van der Waals surface area contributed by atoms with Crippen molar-refractivity contribution in [3.8, 4) is 0 Å². The second-order valence-electron chi connectivity index (χ2n) is 4.54. The average molecular weight is 392 g/mol. The molecule has 1 amide bonds. The van der Waals surface area contributed by atoms with Crippen molar-refractivity contribution in [2.24, 2.45) is 11.7 Å². The number of benzene rings is 1. The smallest absolute Gasteiger partial charge is 0.224 e. The van der Waals surface area contributed by atoms with Crippen LogP contribution in [0.25, 0.3) is 0 Å². The Morgan fingerprint density at radius 2 is 1.95 bits per heavy atom. The molecule has 1 aromatic carbocycles. The molecule has 0 spiro atoms. The van der Waals surface area contributed by atoms with Gasteiger partial charge in [-0.05, 0) is 69.3 Å². The van der Waals surface area contributed by atoms with Gasteiger partial charge in [-0.15, -0.1) is 0 Å². The molecule has 0 bridgehead atoms. The third-order valence-corrected chi connectivity index (χ3v) is 4.48. The SMILES string of the molecule is CCC(CCN)CCC(=O)Nc1c(Br)cccc1Br. The van der Waals surface area contributed by atoms with Gasteiger partial charge in [0.05, 0.1) is 5.69 Å². The number of halogens is 2. The largest absolute Gasteiger partial charge is 0.330 e. The highest BCUT2D eigenvalue weighted by Gasteiger charge is 2.11. The van der Waals surface area contributed by atoms with Crippen LogP contribution >= 0.6 is 31.9 Å². The van der Waals surface area contributed by atoms with E-state index in [1.54, 1.807) is 0 Å². The highest BCUT2D eigenvalue weighted by Crippen LogP contribution is 2.30. The molecule has 1 rings (SSSR count). The Kier molecular flexibility index (Phi) is 7.64. The summed E-state index contributed by atoms with van der Waals surface area (Å²) in [6.45, 7) is 2.83. The number of carbonyl (C=O) groups is 1. The lowest BCUT2D eigenvalue weighted by atomic mass is 9.96. The molecule has 106 valence electrons.